The molecule has 1 fully saturated rings. The minimum Gasteiger partial charge on any atom is -0.200 e. The molecule has 1 N–H and O–H groups in total. The fraction of sp³-hybridized carbons (Fsp3) is 0.438. The molecule has 1 aromatic carbocycles. The highest BCUT2D eigenvalue weighted by molar-refractivity contribution is 7.89. The van der Waals surface area contributed by atoms with E-state index in [9.17, 15) is 8.42 Å². The molecule has 1 aromatic rings. The molecule has 1 aliphatic rings. The fourth-order valence-corrected chi connectivity index (χ4v) is 3.41. The van der Waals surface area contributed by atoms with E-state index in [4.69, 9.17) is 0 Å². The van der Waals surface area contributed by atoms with Gasteiger partial charge in [-0.05, 0) is 57.1 Å². The van der Waals surface area contributed by atoms with E-state index in [2.05, 4.69) is 16.5 Å². The molecule has 0 aromatic heterocycles. The predicted octanol–water partition coefficient (Wildman–Crippen LogP) is 3.40. The number of nitrogens with zero attached hydrogens (tertiary/aromatic N) is 1. The second-order valence-electron chi connectivity index (χ2n) is 5.57. The first-order chi connectivity index (χ1) is 10.0. The number of hydrogen-bond acceptors (Lipinski definition) is 3. The second-order valence-corrected chi connectivity index (χ2v) is 7.23. The minimum absolute atomic E-state index is 0.246. The van der Waals surface area contributed by atoms with E-state index in [0.717, 1.165) is 43.4 Å². The van der Waals surface area contributed by atoms with E-state index in [1.54, 1.807) is 24.3 Å². The molecule has 114 valence electrons. The van der Waals surface area contributed by atoms with Crippen molar-refractivity contribution in [3.8, 4) is 0 Å². The first-order valence-corrected chi connectivity index (χ1v) is 8.74. The van der Waals surface area contributed by atoms with E-state index in [1.807, 2.05) is 13.0 Å². The lowest BCUT2D eigenvalue weighted by Crippen LogP contribution is -2.23. The highest BCUT2D eigenvalue weighted by atomic mass is 32.2. The zero-order chi connectivity index (χ0) is 15.3. The van der Waals surface area contributed by atoms with Gasteiger partial charge >= 0.3 is 0 Å². The topological polar surface area (TPSA) is 58.5 Å². The maximum atomic E-state index is 12.2. The number of sulfonamides is 1. The third-order valence-corrected chi connectivity index (χ3v) is 4.98. The molecule has 0 radical (unpaired) electrons. The summed E-state index contributed by atoms with van der Waals surface area (Å²) in [6, 6.07) is 6.75. The van der Waals surface area contributed by atoms with Crippen LogP contribution < -0.4 is 4.83 Å². The smallest absolute Gasteiger partial charge is 0.200 e. The van der Waals surface area contributed by atoms with Gasteiger partial charge in [0.05, 0.1) is 4.90 Å². The van der Waals surface area contributed by atoms with Crippen LogP contribution in [-0.4, -0.2) is 14.1 Å². The zero-order valence-electron chi connectivity index (χ0n) is 12.4. The van der Waals surface area contributed by atoms with Crippen LogP contribution in [0, 0.1) is 12.8 Å². The van der Waals surface area contributed by atoms with Gasteiger partial charge in [0.25, 0.3) is 10.0 Å². The first-order valence-electron chi connectivity index (χ1n) is 7.26. The van der Waals surface area contributed by atoms with Gasteiger partial charge in [-0.3, -0.25) is 0 Å². The van der Waals surface area contributed by atoms with Crippen LogP contribution in [0.25, 0.3) is 0 Å². The van der Waals surface area contributed by atoms with Gasteiger partial charge < -0.3 is 0 Å². The number of rotatable bonds is 5. The summed E-state index contributed by atoms with van der Waals surface area (Å²) in [5.41, 5.74) is 1.96. The number of aryl methyl sites for hydroxylation is 1. The Balaban J connectivity index is 2.05. The van der Waals surface area contributed by atoms with Gasteiger partial charge in [-0.25, -0.2) is 4.83 Å². The minimum atomic E-state index is -3.56. The summed E-state index contributed by atoms with van der Waals surface area (Å²) in [7, 11) is -3.56. The molecule has 0 amide bonds. The first kappa shape index (κ1) is 15.8. The number of nitrogens with one attached hydrogen (secondary N) is 1. The summed E-state index contributed by atoms with van der Waals surface area (Å²) in [5.74, 6) is 0.541. The van der Waals surface area contributed by atoms with Crippen LogP contribution in [0.5, 0.6) is 0 Å². The molecule has 0 bridgehead atoms. The standard InChI is InChI=1S/C16H22N2O2S/c1-3-5-14-6-4-7-15(12-14)17-18-21(19,20)16-10-8-13(2)9-11-16/h3,8-11,14,18H,1,4-7,12H2,2H3/b17-15-. The Labute approximate surface area is 127 Å². The largest absolute Gasteiger partial charge is 0.276 e. The average molecular weight is 306 g/mol. The van der Waals surface area contributed by atoms with Gasteiger partial charge in [0.2, 0.25) is 0 Å². The summed E-state index contributed by atoms with van der Waals surface area (Å²) in [5, 5.41) is 4.13. The molecule has 0 aliphatic heterocycles. The Hall–Kier alpha value is -1.62. The van der Waals surface area contributed by atoms with Gasteiger partial charge in [-0.1, -0.05) is 23.8 Å². The molecule has 1 saturated carbocycles. The number of allylic oxidation sites excluding steroid dienone is 1. The van der Waals surface area contributed by atoms with Crippen molar-refractivity contribution < 1.29 is 8.42 Å². The molecular formula is C16H22N2O2S. The van der Waals surface area contributed by atoms with Crippen molar-refractivity contribution in [1.82, 2.24) is 4.83 Å². The van der Waals surface area contributed by atoms with Crippen molar-refractivity contribution >= 4 is 15.7 Å². The normalized spacial score (nSPS) is 21.2. The Morgan fingerprint density at radius 3 is 2.76 bits per heavy atom. The van der Waals surface area contributed by atoms with Crippen molar-refractivity contribution in [2.24, 2.45) is 11.0 Å². The monoisotopic (exact) mass is 306 g/mol. The van der Waals surface area contributed by atoms with Crippen LogP contribution >= 0.6 is 0 Å². The lowest BCUT2D eigenvalue weighted by atomic mass is 9.86. The van der Waals surface area contributed by atoms with Gasteiger partial charge in [-0.2, -0.15) is 13.5 Å². The van der Waals surface area contributed by atoms with Crippen LogP contribution in [0.15, 0.2) is 46.9 Å². The lowest BCUT2D eigenvalue weighted by molar-refractivity contribution is 0.463. The van der Waals surface area contributed by atoms with Gasteiger partial charge in [0.15, 0.2) is 0 Å². The summed E-state index contributed by atoms with van der Waals surface area (Å²) in [6.45, 7) is 5.68. The molecule has 1 atom stereocenters. The third-order valence-electron chi connectivity index (χ3n) is 3.76. The van der Waals surface area contributed by atoms with Crippen LogP contribution in [-0.2, 0) is 10.0 Å². The number of hydrogen-bond donors (Lipinski definition) is 1. The number of hydrazone groups is 1. The molecule has 0 heterocycles. The van der Waals surface area contributed by atoms with E-state index in [0.29, 0.717) is 5.92 Å². The highest BCUT2D eigenvalue weighted by Gasteiger charge is 2.18. The Bertz CT molecular complexity index is 618. The molecule has 4 nitrogen and oxygen atoms in total. The second kappa shape index (κ2) is 6.89. The average Bonchev–Trinajstić information content (AvgIpc) is 2.47. The maximum absolute atomic E-state index is 12.2. The molecule has 0 spiro atoms. The van der Waals surface area contributed by atoms with Crippen molar-refractivity contribution in [3.05, 3.63) is 42.5 Å². The molecule has 0 saturated heterocycles. The third kappa shape index (κ3) is 4.43. The van der Waals surface area contributed by atoms with E-state index in [1.165, 1.54) is 0 Å². The molecule has 2 rings (SSSR count). The van der Waals surface area contributed by atoms with Crippen LogP contribution in [0.4, 0.5) is 0 Å². The fourth-order valence-electron chi connectivity index (χ4n) is 2.57. The van der Waals surface area contributed by atoms with E-state index >= 15 is 0 Å². The van der Waals surface area contributed by atoms with Crippen molar-refractivity contribution in [1.29, 1.82) is 0 Å². The summed E-state index contributed by atoms with van der Waals surface area (Å²) < 4.78 is 24.3. The Morgan fingerprint density at radius 1 is 1.38 bits per heavy atom. The van der Waals surface area contributed by atoms with Gasteiger partial charge in [-0.15, -0.1) is 6.58 Å². The molecular weight excluding hydrogens is 284 g/mol. The van der Waals surface area contributed by atoms with E-state index < -0.39 is 10.0 Å². The molecule has 5 heteroatoms. The van der Waals surface area contributed by atoms with Gasteiger partial charge in [0.1, 0.15) is 0 Å². The van der Waals surface area contributed by atoms with Crippen molar-refractivity contribution in [3.63, 3.8) is 0 Å². The highest BCUT2D eigenvalue weighted by Crippen LogP contribution is 2.25. The molecule has 1 aliphatic carbocycles. The zero-order valence-corrected chi connectivity index (χ0v) is 13.2. The van der Waals surface area contributed by atoms with Crippen LogP contribution in [0.3, 0.4) is 0 Å². The molecule has 1 unspecified atom stereocenters. The summed E-state index contributed by atoms with van der Waals surface area (Å²) in [6.07, 6.45) is 6.82. The quantitative estimate of drug-likeness (QED) is 0.669. The Morgan fingerprint density at radius 2 is 2.10 bits per heavy atom. The Kier molecular flexibility index (Phi) is 5.17. The maximum Gasteiger partial charge on any atom is 0.276 e. The summed E-state index contributed by atoms with van der Waals surface area (Å²) >= 11 is 0. The van der Waals surface area contributed by atoms with Crippen molar-refractivity contribution in [2.75, 3.05) is 0 Å². The predicted molar refractivity (Wildman–Crippen MR) is 85.7 cm³/mol. The van der Waals surface area contributed by atoms with Crippen LogP contribution in [0.2, 0.25) is 0 Å². The van der Waals surface area contributed by atoms with E-state index in [-0.39, 0.29) is 4.90 Å². The molecule has 21 heavy (non-hydrogen) atoms. The van der Waals surface area contributed by atoms with Crippen molar-refractivity contribution in [2.45, 2.75) is 43.9 Å². The van der Waals surface area contributed by atoms with Crippen LogP contribution in [0.1, 0.15) is 37.7 Å². The van der Waals surface area contributed by atoms with Gasteiger partial charge in [0, 0.05) is 5.71 Å². The lowest BCUT2D eigenvalue weighted by Gasteiger charge is -2.21. The number of benzene rings is 1. The summed E-state index contributed by atoms with van der Waals surface area (Å²) in [4.78, 5) is 2.61. The SMILES string of the molecule is C=CCC1CCC/C(=N/NS(=O)(=O)c2ccc(C)cc2)C1.